The Bertz CT molecular complexity index is 826. The molecule has 2 aromatic rings. The summed E-state index contributed by atoms with van der Waals surface area (Å²) in [6.07, 6.45) is 7.80. The first-order chi connectivity index (χ1) is 13.0. The highest BCUT2D eigenvalue weighted by Crippen LogP contribution is 2.14. The minimum absolute atomic E-state index is 0.0425. The minimum Gasteiger partial charge on any atom is -0.333 e. The number of benzene rings is 1. The predicted molar refractivity (Wildman–Crippen MR) is 101 cm³/mol. The molecule has 7 heteroatoms. The number of aromatic nitrogens is 2. The molecule has 0 radical (unpaired) electrons. The van der Waals surface area contributed by atoms with Crippen molar-refractivity contribution in [2.45, 2.75) is 32.1 Å². The van der Waals surface area contributed by atoms with Crippen molar-refractivity contribution in [3.05, 3.63) is 48.0 Å². The number of likely N-dealkylation sites (tertiary alicyclic amines) is 1. The highest BCUT2D eigenvalue weighted by atomic mass is 16.2. The van der Waals surface area contributed by atoms with Gasteiger partial charge in [0.15, 0.2) is 5.82 Å². The van der Waals surface area contributed by atoms with E-state index in [0.29, 0.717) is 30.0 Å². The van der Waals surface area contributed by atoms with Crippen LogP contribution in [0.25, 0.3) is 0 Å². The van der Waals surface area contributed by atoms with Crippen LogP contribution in [-0.2, 0) is 16.6 Å². The SMILES string of the molecule is Cn1ccnc1C(=O)c1ccc(NC(=O)CN2CCCCCCC2=O)cc1. The molecule has 2 heterocycles. The van der Waals surface area contributed by atoms with Gasteiger partial charge in [0.2, 0.25) is 17.6 Å². The maximum Gasteiger partial charge on any atom is 0.243 e. The Kier molecular flexibility index (Phi) is 6.01. The Hall–Kier alpha value is -2.96. The van der Waals surface area contributed by atoms with E-state index in [1.807, 2.05) is 0 Å². The zero-order valence-corrected chi connectivity index (χ0v) is 15.5. The number of aryl methyl sites for hydroxylation is 1. The standard InChI is InChI=1S/C20H24N4O3/c1-23-13-11-21-20(23)19(27)15-7-9-16(10-8-15)22-17(25)14-24-12-5-3-2-4-6-18(24)26/h7-11,13H,2-6,12,14H2,1H3,(H,22,25). The van der Waals surface area contributed by atoms with Crippen molar-refractivity contribution >= 4 is 23.3 Å². The molecule has 0 atom stereocenters. The number of carbonyl (C=O) groups is 3. The first-order valence-electron chi connectivity index (χ1n) is 9.24. The lowest BCUT2D eigenvalue weighted by Gasteiger charge is -2.24. The molecule has 0 spiro atoms. The van der Waals surface area contributed by atoms with Crippen molar-refractivity contribution in [2.24, 2.45) is 7.05 Å². The van der Waals surface area contributed by atoms with E-state index in [1.165, 1.54) is 0 Å². The van der Waals surface area contributed by atoms with Gasteiger partial charge < -0.3 is 14.8 Å². The molecule has 0 saturated carbocycles. The summed E-state index contributed by atoms with van der Waals surface area (Å²) in [6.45, 7) is 0.691. The summed E-state index contributed by atoms with van der Waals surface area (Å²) in [6, 6.07) is 6.69. The van der Waals surface area contributed by atoms with Crippen LogP contribution in [0.2, 0.25) is 0 Å². The predicted octanol–water partition coefficient (Wildman–Crippen LogP) is 2.38. The number of carbonyl (C=O) groups excluding carboxylic acids is 3. The molecule has 1 aliphatic heterocycles. The second kappa shape index (κ2) is 8.62. The summed E-state index contributed by atoms with van der Waals surface area (Å²) in [7, 11) is 1.76. The zero-order chi connectivity index (χ0) is 19.2. The van der Waals surface area contributed by atoms with Gasteiger partial charge in [0.05, 0.1) is 6.54 Å². The third-order valence-electron chi connectivity index (χ3n) is 4.71. The Labute approximate surface area is 158 Å². The molecule has 1 saturated heterocycles. The number of rotatable bonds is 5. The monoisotopic (exact) mass is 368 g/mol. The molecule has 0 aliphatic carbocycles. The summed E-state index contributed by atoms with van der Waals surface area (Å²) in [5.74, 6) is 0.00180. The molecule has 1 fully saturated rings. The van der Waals surface area contributed by atoms with Gasteiger partial charge in [-0.05, 0) is 37.1 Å². The maximum absolute atomic E-state index is 12.4. The highest BCUT2D eigenvalue weighted by molar-refractivity contribution is 6.07. The normalized spacial score (nSPS) is 15.1. The fraction of sp³-hybridized carbons (Fsp3) is 0.400. The van der Waals surface area contributed by atoms with Crippen molar-refractivity contribution in [2.75, 3.05) is 18.4 Å². The maximum atomic E-state index is 12.4. The number of amides is 2. The molecule has 142 valence electrons. The van der Waals surface area contributed by atoms with Gasteiger partial charge in [-0.3, -0.25) is 14.4 Å². The van der Waals surface area contributed by atoms with E-state index in [-0.39, 0.29) is 24.1 Å². The van der Waals surface area contributed by atoms with Crippen molar-refractivity contribution < 1.29 is 14.4 Å². The van der Waals surface area contributed by atoms with Crippen LogP contribution in [0, 0.1) is 0 Å². The Morgan fingerprint density at radius 3 is 2.56 bits per heavy atom. The molecule has 0 unspecified atom stereocenters. The topological polar surface area (TPSA) is 84.3 Å². The average Bonchev–Trinajstić information content (AvgIpc) is 3.07. The van der Waals surface area contributed by atoms with Gasteiger partial charge in [-0.1, -0.05) is 12.8 Å². The Morgan fingerprint density at radius 2 is 1.85 bits per heavy atom. The zero-order valence-electron chi connectivity index (χ0n) is 15.5. The third-order valence-corrected chi connectivity index (χ3v) is 4.71. The summed E-state index contributed by atoms with van der Waals surface area (Å²) in [5, 5.41) is 2.79. The van der Waals surface area contributed by atoms with Crippen molar-refractivity contribution in [3.63, 3.8) is 0 Å². The summed E-state index contributed by atoms with van der Waals surface area (Å²) < 4.78 is 1.67. The molecule has 1 aromatic heterocycles. The van der Waals surface area contributed by atoms with Gasteiger partial charge in [0.1, 0.15) is 0 Å². The first-order valence-corrected chi connectivity index (χ1v) is 9.24. The molecule has 1 N–H and O–H groups in total. The van der Waals surface area contributed by atoms with Crippen LogP contribution < -0.4 is 5.32 Å². The van der Waals surface area contributed by atoms with Crippen molar-refractivity contribution in [1.82, 2.24) is 14.5 Å². The van der Waals surface area contributed by atoms with E-state index in [0.717, 1.165) is 25.7 Å². The number of nitrogens with zero attached hydrogens (tertiary/aromatic N) is 3. The Balaban J connectivity index is 1.59. The lowest BCUT2D eigenvalue weighted by Crippen LogP contribution is -2.39. The number of nitrogens with one attached hydrogen (secondary N) is 1. The summed E-state index contributed by atoms with van der Waals surface area (Å²) in [4.78, 5) is 42.5. The van der Waals surface area contributed by atoms with E-state index in [2.05, 4.69) is 10.3 Å². The number of ketones is 1. The smallest absolute Gasteiger partial charge is 0.243 e. The molecule has 0 bridgehead atoms. The second-order valence-corrected chi connectivity index (χ2v) is 6.80. The van der Waals surface area contributed by atoms with Crippen LogP contribution in [0.4, 0.5) is 5.69 Å². The second-order valence-electron chi connectivity index (χ2n) is 6.80. The molecule has 1 aliphatic rings. The highest BCUT2D eigenvalue weighted by Gasteiger charge is 2.19. The average molecular weight is 368 g/mol. The van der Waals surface area contributed by atoms with E-state index in [9.17, 15) is 14.4 Å². The van der Waals surface area contributed by atoms with E-state index in [1.54, 1.807) is 53.2 Å². The Morgan fingerprint density at radius 1 is 1.11 bits per heavy atom. The fourth-order valence-electron chi connectivity index (χ4n) is 3.17. The van der Waals surface area contributed by atoms with Gasteiger partial charge in [-0.2, -0.15) is 0 Å². The van der Waals surface area contributed by atoms with Gasteiger partial charge in [-0.15, -0.1) is 0 Å². The molecule has 7 nitrogen and oxygen atoms in total. The summed E-state index contributed by atoms with van der Waals surface area (Å²) in [5.41, 5.74) is 1.09. The number of hydrogen-bond donors (Lipinski definition) is 1. The molecular formula is C20H24N4O3. The molecule has 2 amide bonds. The molecule has 27 heavy (non-hydrogen) atoms. The van der Waals surface area contributed by atoms with Crippen LogP contribution in [0.15, 0.2) is 36.7 Å². The van der Waals surface area contributed by atoms with Gasteiger partial charge in [0.25, 0.3) is 0 Å². The van der Waals surface area contributed by atoms with Crippen LogP contribution in [0.5, 0.6) is 0 Å². The molecule has 1 aromatic carbocycles. The van der Waals surface area contributed by atoms with E-state index in [4.69, 9.17) is 0 Å². The van der Waals surface area contributed by atoms with Crippen molar-refractivity contribution in [1.29, 1.82) is 0 Å². The first kappa shape index (κ1) is 18.8. The van der Waals surface area contributed by atoms with Crippen LogP contribution in [0.1, 0.15) is 48.3 Å². The van der Waals surface area contributed by atoms with Gasteiger partial charge >= 0.3 is 0 Å². The number of anilines is 1. The van der Waals surface area contributed by atoms with E-state index < -0.39 is 0 Å². The van der Waals surface area contributed by atoms with Crippen LogP contribution in [0.3, 0.4) is 0 Å². The van der Waals surface area contributed by atoms with E-state index >= 15 is 0 Å². The summed E-state index contributed by atoms with van der Waals surface area (Å²) >= 11 is 0. The van der Waals surface area contributed by atoms with Crippen LogP contribution in [-0.4, -0.2) is 45.1 Å². The fourth-order valence-corrected chi connectivity index (χ4v) is 3.17. The third kappa shape index (κ3) is 4.81. The lowest BCUT2D eigenvalue weighted by atomic mass is 10.1. The molecular weight excluding hydrogens is 344 g/mol. The van der Waals surface area contributed by atoms with Gasteiger partial charge in [0, 0.05) is 43.7 Å². The van der Waals surface area contributed by atoms with Gasteiger partial charge in [-0.25, -0.2) is 4.98 Å². The van der Waals surface area contributed by atoms with Crippen LogP contribution >= 0.6 is 0 Å². The van der Waals surface area contributed by atoms with Crippen molar-refractivity contribution in [3.8, 4) is 0 Å². The number of hydrogen-bond acceptors (Lipinski definition) is 4. The lowest BCUT2D eigenvalue weighted by molar-refractivity contribution is -0.135. The minimum atomic E-state index is -0.230. The quantitative estimate of drug-likeness (QED) is 0.821. The largest absolute Gasteiger partial charge is 0.333 e. The molecule has 3 rings (SSSR count). The number of imidazole rings is 1.